The number of nitrogens with zero attached hydrogens (tertiary/aromatic N) is 1. The molecule has 65 heavy (non-hydrogen) atoms. The molecule has 13 heteroatoms. The van der Waals surface area contributed by atoms with Gasteiger partial charge in [-0.15, -0.1) is 0 Å². The number of hydrogen-bond acceptors (Lipinski definition) is 12. The zero-order valence-corrected chi connectivity index (χ0v) is 36.4. The monoisotopic (exact) mass is 880 g/mol. The van der Waals surface area contributed by atoms with Crippen LogP contribution in [0.25, 0.3) is 21.8 Å². The quantitative estimate of drug-likeness (QED) is 0.0154. The number of esters is 4. The van der Waals surface area contributed by atoms with E-state index in [-0.39, 0.29) is 34.0 Å². The van der Waals surface area contributed by atoms with Crippen molar-refractivity contribution in [1.82, 2.24) is 4.57 Å². The van der Waals surface area contributed by atoms with Crippen LogP contribution in [0, 0.1) is 5.41 Å². The topological polar surface area (TPSA) is 162 Å². The second-order valence-corrected chi connectivity index (χ2v) is 14.8. The Hall–Kier alpha value is -7.67. The summed E-state index contributed by atoms with van der Waals surface area (Å²) in [6, 6.07) is 31.0. The largest absolute Gasteiger partial charge is 0.497 e. The number of rotatable bonds is 24. The van der Waals surface area contributed by atoms with Gasteiger partial charge >= 0.3 is 23.9 Å². The van der Waals surface area contributed by atoms with Crippen LogP contribution in [0.2, 0.25) is 0 Å². The van der Waals surface area contributed by atoms with Gasteiger partial charge < -0.3 is 33.2 Å². The van der Waals surface area contributed by atoms with Gasteiger partial charge in [-0.2, -0.15) is 0 Å². The van der Waals surface area contributed by atoms with E-state index in [1.807, 2.05) is 42.5 Å². The predicted molar refractivity (Wildman–Crippen MR) is 248 cm³/mol. The first-order valence-corrected chi connectivity index (χ1v) is 21.5. The molecule has 0 amide bonds. The van der Waals surface area contributed by atoms with Gasteiger partial charge in [-0.25, -0.2) is 19.2 Å². The Labute approximate surface area is 377 Å². The zero-order chi connectivity index (χ0) is 46.0. The Kier molecular flexibility index (Phi) is 17.1. The van der Waals surface area contributed by atoms with Gasteiger partial charge in [-0.3, -0.25) is 9.98 Å². The first kappa shape index (κ1) is 46.8. The van der Waals surface area contributed by atoms with Crippen molar-refractivity contribution in [2.45, 2.75) is 51.4 Å². The fourth-order valence-electron chi connectivity index (χ4n) is 6.95. The van der Waals surface area contributed by atoms with E-state index < -0.39 is 23.9 Å². The Morgan fingerprint density at radius 1 is 0.538 bits per heavy atom. The number of carbonyl (C=O) groups is 4. The summed E-state index contributed by atoms with van der Waals surface area (Å²) in [5, 5.41) is 11.4. The zero-order valence-electron chi connectivity index (χ0n) is 36.4. The van der Waals surface area contributed by atoms with E-state index >= 15 is 0 Å². The summed E-state index contributed by atoms with van der Waals surface area (Å²) in [5.74, 6) is -0.0996. The molecule has 0 bridgehead atoms. The molecule has 0 atom stereocenters. The number of ether oxygens (including phenoxy) is 7. The molecular weight excluding hydrogens is 829 g/mol. The molecule has 0 aliphatic rings. The lowest BCUT2D eigenvalue weighted by Crippen LogP contribution is -2.17. The third kappa shape index (κ3) is 12.9. The molecule has 0 aliphatic heterocycles. The average molecular weight is 881 g/mol. The Balaban J connectivity index is 1.14. The second-order valence-electron chi connectivity index (χ2n) is 14.8. The molecule has 336 valence electrons. The van der Waals surface area contributed by atoms with Crippen molar-refractivity contribution in [3.8, 4) is 28.7 Å². The molecule has 13 nitrogen and oxygen atoms in total. The number of nitrogens with one attached hydrogen (secondary N) is 1. The van der Waals surface area contributed by atoms with E-state index in [4.69, 9.17) is 33.2 Å². The maximum atomic E-state index is 13.7. The minimum absolute atomic E-state index is 0.0266. The van der Waals surface area contributed by atoms with E-state index in [1.165, 1.54) is 18.2 Å². The summed E-state index contributed by atoms with van der Waals surface area (Å²) in [4.78, 5) is 49.4. The number of hydrogen-bond donors (Lipinski definition) is 1. The molecular formula is C52H52N2O11. The van der Waals surface area contributed by atoms with Crippen LogP contribution >= 0.6 is 0 Å². The van der Waals surface area contributed by atoms with Crippen LogP contribution in [-0.4, -0.2) is 67.8 Å². The first-order chi connectivity index (χ1) is 31.7. The van der Waals surface area contributed by atoms with E-state index in [0.717, 1.165) is 85.3 Å². The third-order valence-corrected chi connectivity index (χ3v) is 10.3. The molecule has 0 aliphatic carbocycles. The average Bonchev–Trinajstić information content (AvgIpc) is 3.67. The minimum Gasteiger partial charge on any atom is -0.497 e. The summed E-state index contributed by atoms with van der Waals surface area (Å²) in [6.07, 6.45) is 9.03. The van der Waals surface area contributed by atoms with Crippen LogP contribution in [0.4, 0.5) is 0 Å². The molecule has 1 N–H and O–H groups in total. The molecule has 0 saturated carbocycles. The number of para-hydroxylation sites is 1. The maximum absolute atomic E-state index is 13.7. The predicted octanol–water partition coefficient (Wildman–Crippen LogP) is 10.5. The Morgan fingerprint density at radius 2 is 1.03 bits per heavy atom. The second kappa shape index (κ2) is 23.7. The first-order valence-electron chi connectivity index (χ1n) is 21.5. The van der Waals surface area contributed by atoms with Crippen LogP contribution in [0.3, 0.4) is 0 Å². The number of unbranched alkanes of at least 4 members (excludes halogenated alkanes) is 6. The molecule has 0 saturated heterocycles. The van der Waals surface area contributed by atoms with Gasteiger partial charge in [0.15, 0.2) is 0 Å². The third-order valence-electron chi connectivity index (χ3n) is 10.3. The lowest BCUT2D eigenvalue weighted by atomic mass is 10.1. The molecule has 5 aromatic carbocycles. The minimum atomic E-state index is -0.659. The van der Waals surface area contributed by atoms with Gasteiger partial charge in [0, 0.05) is 22.9 Å². The Morgan fingerprint density at radius 3 is 1.58 bits per heavy atom. The summed E-state index contributed by atoms with van der Waals surface area (Å²) >= 11 is 0. The molecule has 0 fully saturated rings. The summed E-state index contributed by atoms with van der Waals surface area (Å²) in [6.45, 7) is 8.46. The fraction of sp³-hybridized carbons (Fsp3) is 0.250. The number of benzene rings is 5. The Bertz CT molecular complexity index is 2630. The number of carbonyl (C=O) groups excluding carboxylic acids is 4. The lowest BCUT2D eigenvalue weighted by molar-refractivity contribution is -0.138. The van der Waals surface area contributed by atoms with Crippen molar-refractivity contribution in [3.63, 3.8) is 0 Å². The van der Waals surface area contributed by atoms with E-state index in [2.05, 4.69) is 13.2 Å². The van der Waals surface area contributed by atoms with Gasteiger partial charge in [0.25, 0.3) is 0 Å². The number of fused-ring (bicyclic) bond motifs is 3. The van der Waals surface area contributed by atoms with E-state index in [0.29, 0.717) is 43.7 Å². The van der Waals surface area contributed by atoms with Gasteiger partial charge in [0.2, 0.25) is 0 Å². The van der Waals surface area contributed by atoms with E-state index in [1.54, 1.807) is 60.2 Å². The summed E-state index contributed by atoms with van der Waals surface area (Å²) < 4.78 is 40.8. The molecule has 0 radical (unpaired) electrons. The van der Waals surface area contributed by atoms with Crippen LogP contribution in [0.15, 0.2) is 135 Å². The highest BCUT2D eigenvalue weighted by molar-refractivity contribution is 6.18. The molecule has 1 heterocycles. The maximum Gasteiger partial charge on any atom is 0.343 e. The van der Waals surface area contributed by atoms with Crippen molar-refractivity contribution in [2.24, 2.45) is 0 Å². The van der Waals surface area contributed by atoms with Crippen molar-refractivity contribution in [2.75, 3.05) is 33.5 Å². The SMILES string of the molecule is C=CC(=O)OCCCCCCOc1ccc(C(=O)Oc2ccc(OC(=O)c3ccc(OCCCCCCOC(=O)C=C)cc3)c(C(=N)n3c4ccccc4c4cc(OC)ccc43)c2)cc1. The molecule has 6 rings (SSSR count). The molecule has 0 unspecified atom stereocenters. The van der Waals surface area contributed by atoms with Gasteiger partial charge in [-0.1, -0.05) is 31.4 Å². The van der Waals surface area contributed by atoms with Crippen molar-refractivity contribution < 1.29 is 52.3 Å². The van der Waals surface area contributed by atoms with Gasteiger partial charge in [0.1, 0.15) is 34.6 Å². The number of aromatic nitrogens is 1. The summed E-state index contributed by atoms with van der Waals surface area (Å²) in [5.41, 5.74) is 2.20. The molecule has 0 spiro atoms. The van der Waals surface area contributed by atoms with Crippen LogP contribution in [0.5, 0.6) is 28.7 Å². The highest BCUT2D eigenvalue weighted by Gasteiger charge is 2.22. The summed E-state index contributed by atoms with van der Waals surface area (Å²) in [7, 11) is 1.59. The normalized spacial score (nSPS) is 10.8. The highest BCUT2D eigenvalue weighted by Crippen LogP contribution is 2.35. The van der Waals surface area contributed by atoms with Crippen molar-refractivity contribution in [3.05, 3.63) is 151 Å². The molecule has 1 aromatic heterocycles. The van der Waals surface area contributed by atoms with Crippen LogP contribution in [-0.2, 0) is 19.1 Å². The molecule has 6 aromatic rings. The van der Waals surface area contributed by atoms with Crippen LogP contribution < -0.4 is 23.7 Å². The van der Waals surface area contributed by atoms with Gasteiger partial charge in [0.05, 0.1) is 61.3 Å². The van der Waals surface area contributed by atoms with Crippen LogP contribution in [0.1, 0.15) is 77.6 Å². The van der Waals surface area contributed by atoms with E-state index in [9.17, 15) is 24.6 Å². The van der Waals surface area contributed by atoms with Gasteiger partial charge in [-0.05, 0) is 142 Å². The number of methoxy groups -OCH3 is 1. The van der Waals surface area contributed by atoms with Crippen molar-refractivity contribution >= 4 is 51.5 Å². The standard InChI is InChI=1S/C52H52N2O11/c1-4-48(55)62-32-14-8-6-12-30-60-38-22-18-36(19-23-38)51(57)64-41-27-29-47(65-52(58)37-20-24-39(25-21-37)61-31-13-7-9-15-33-63-49(56)5-2)44(35-41)50(53)54-45-17-11-10-16-42(45)43-34-40(59-3)26-28-46(43)54/h4-5,10-11,16-29,34-35,53H,1-2,6-9,12-15,30-33H2,3H3. The smallest absolute Gasteiger partial charge is 0.343 e. The van der Waals surface area contributed by atoms with Crippen molar-refractivity contribution in [1.29, 1.82) is 5.41 Å². The fourth-order valence-corrected chi connectivity index (χ4v) is 6.95. The lowest BCUT2D eigenvalue weighted by Gasteiger charge is -2.16. The highest BCUT2D eigenvalue weighted by atomic mass is 16.5.